The quantitative estimate of drug-likeness (QED) is 0.880. The zero-order valence-electron chi connectivity index (χ0n) is 11.3. The van der Waals surface area contributed by atoms with E-state index in [1.165, 1.54) is 0 Å². The Balaban J connectivity index is 2.65. The normalized spacial score (nSPS) is 17.1. The van der Waals surface area contributed by atoms with Gasteiger partial charge in [-0.2, -0.15) is 0 Å². The maximum absolute atomic E-state index is 11.8. The van der Waals surface area contributed by atoms with Gasteiger partial charge in [0, 0.05) is 0 Å². The number of hydrogen-bond donors (Lipinski definition) is 1. The fourth-order valence-electron chi connectivity index (χ4n) is 2.71. The number of aryl methyl sites for hydroxylation is 1. The van der Waals surface area contributed by atoms with Gasteiger partial charge in [-0.25, -0.2) is 0 Å². The average Bonchev–Trinajstić information content (AvgIpc) is 2.26. The number of amides is 1. The van der Waals surface area contributed by atoms with E-state index in [9.17, 15) is 4.79 Å². The molecule has 4 heteroatoms. The van der Waals surface area contributed by atoms with Gasteiger partial charge in [0.2, 0.25) is 5.91 Å². The van der Waals surface area contributed by atoms with Crippen LogP contribution in [0.4, 0.5) is 0 Å². The minimum absolute atomic E-state index is 0.315. The standard InChI is InChI=1S/C14H19NO3/c1-8-5-11(17-4)9(2)10(3)12(8)14(13(15)16)6-18-7-14/h5H,6-7H2,1-4H3,(H2,15,16). The third kappa shape index (κ3) is 1.60. The number of benzene rings is 1. The van der Waals surface area contributed by atoms with Crippen molar-refractivity contribution in [2.24, 2.45) is 5.73 Å². The number of ether oxygens (including phenoxy) is 2. The van der Waals surface area contributed by atoms with E-state index in [0.29, 0.717) is 13.2 Å². The Kier molecular flexibility index (Phi) is 3.07. The van der Waals surface area contributed by atoms with E-state index in [1.807, 2.05) is 26.8 Å². The van der Waals surface area contributed by atoms with Crippen LogP contribution in [0.15, 0.2) is 6.07 Å². The molecule has 0 aliphatic carbocycles. The van der Waals surface area contributed by atoms with Crippen molar-refractivity contribution < 1.29 is 14.3 Å². The molecule has 4 nitrogen and oxygen atoms in total. The summed E-state index contributed by atoms with van der Waals surface area (Å²) in [6, 6.07) is 1.96. The Morgan fingerprint density at radius 3 is 2.33 bits per heavy atom. The van der Waals surface area contributed by atoms with Gasteiger partial charge in [0.05, 0.1) is 20.3 Å². The summed E-state index contributed by atoms with van der Waals surface area (Å²) in [7, 11) is 1.65. The van der Waals surface area contributed by atoms with E-state index in [0.717, 1.165) is 28.0 Å². The second kappa shape index (κ2) is 4.28. The molecule has 0 saturated carbocycles. The van der Waals surface area contributed by atoms with Gasteiger partial charge in [0.25, 0.3) is 0 Å². The Bertz CT molecular complexity index is 504. The summed E-state index contributed by atoms with van der Waals surface area (Å²) in [6.07, 6.45) is 0. The zero-order chi connectivity index (χ0) is 13.5. The predicted octanol–water partition coefficient (Wildman–Crippen LogP) is 1.37. The van der Waals surface area contributed by atoms with E-state index in [1.54, 1.807) is 7.11 Å². The molecule has 18 heavy (non-hydrogen) atoms. The molecule has 1 aliphatic rings. The van der Waals surface area contributed by atoms with Crippen LogP contribution in [0.3, 0.4) is 0 Å². The van der Waals surface area contributed by atoms with Crippen LogP contribution in [0.1, 0.15) is 22.3 Å². The van der Waals surface area contributed by atoms with Gasteiger partial charge in [-0.05, 0) is 49.1 Å². The van der Waals surface area contributed by atoms with Crippen LogP contribution in [0.5, 0.6) is 5.75 Å². The van der Waals surface area contributed by atoms with E-state index in [-0.39, 0.29) is 5.91 Å². The van der Waals surface area contributed by atoms with Crippen molar-refractivity contribution in [2.75, 3.05) is 20.3 Å². The second-order valence-electron chi connectivity index (χ2n) is 4.96. The Labute approximate surface area is 107 Å². The summed E-state index contributed by atoms with van der Waals surface area (Å²) in [5.41, 5.74) is 9.05. The monoisotopic (exact) mass is 249 g/mol. The van der Waals surface area contributed by atoms with Crippen molar-refractivity contribution in [1.29, 1.82) is 0 Å². The van der Waals surface area contributed by atoms with Crippen LogP contribution < -0.4 is 10.5 Å². The highest BCUT2D eigenvalue weighted by atomic mass is 16.5. The van der Waals surface area contributed by atoms with Gasteiger partial charge in [0.15, 0.2) is 0 Å². The van der Waals surface area contributed by atoms with Gasteiger partial charge in [-0.1, -0.05) is 0 Å². The molecule has 1 saturated heterocycles. The van der Waals surface area contributed by atoms with Crippen molar-refractivity contribution in [2.45, 2.75) is 26.2 Å². The molecule has 1 aliphatic heterocycles. The lowest BCUT2D eigenvalue weighted by molar-refractivity contribution is -0.141. The highest BCUT2D eigenvalue weighted by molar-refractivity contribution is 5.89. The van der Waals surface area contributed by atoms with Crippen LogP contribution in [0, 0.1) is 20.8 Å². The SMILES string of the molecule is COc1cc(C)c(C2(C(N)=O)COC2)c(C)c1C. The molecular weight excluding hydrogens is 230 g/mol. The van der Waals surface area contributed by atoms with Gasteiger partial charge < -0.3 is 15.2 Å². The molecule has 0 spiro atoms. The summed E-state index contributed by atoms with van der Waals surface area (Å²) in [4.78, 5) is 11.8. The summed E-state index contributed by atoms with van der Waals surface area (Å²) in [5.74, 6) is 0.526. The Morgan fingerprint density at radius 2 is 1.94 bits per heavy atom. The summed E-state index contributed by atoms with van der Waals surface area (Å²) >= 11 is 0. The molecule has 0 bridgehead atoms. The Morgan fingerprint density at radius 1 is 1.33 bits per heavy atom. The highest BCUT2D eigenvalue weighted by Gasteiger charge is 2.48. The third-order valence-electron chi connectivity index (χ3n) is 3.92. The lowest BCUT2D eigenvalue weighted by Crippen LogP contribution is -2.56. The van der Waals surface area contributed by atoms with E-state index >= 15 is 0 Å². The number of methoxy groups -OCH3 is 1. The maximum Gasteiger partial charge on any atom is 0.232 e. The molecule has 1 aromatic carbocycles. The zero-order valence-corrected chi connectivity index (χ0v) is 11.3. The number of rotatable bonds is 3. The lowest BCUT2D eigenvalue weighted by atomic mass is 9.73. The first-order valence-corrected chi connectivity index (χ1v) is 5.97. The number of hydrogen-bond acceptors (Lipinski definition) is 3. The molecule has 98 valence electrons. The van der Waals surface area contributed by atoms with E-state index in [4.69, 9.17) is 15.2 Å². The molecule has 1 amide bonds. The second-order valence-corrected chi connectivity index (χ2v) is 4.96. The van der Waals surface area contributed by atoms with Crippen LogP contribution in [0.25, 0.3) is 0 Å². The maximum atomic E-state index is 11.8. The van der Waals surface area contributed by atoms with Gasteiger partial charge in [0.1, 0.15) is 11.2 Å². The highest BCUT2D eigenvalue weighted by Crippen LogP contribution is 2.39. The van der Waals surface area contributed by atoms with Gasteiger partial charge >= 0.3 is 0 Å². The predicted molar refractivity (Wildman–Crippen MR) is 68.9 cm³/mol. The first kappa shape index (κ1) is 12.9. The molecule has 0 unspecified atom stereocenters. The first-order valence-electron chi connectivity index (χ1n) is 5.97. The molecule has 0 atom stereocenters. The van der Waals surface area contributed by atoms with Crippen molar-refractivity contribution in [3.8, 4) is 5.75 Å². The fraction of sp³-hybridized carbons (Fsp3) is 0.500. The lowest BCUT2D eigenvalue weighted by Gasteiger charge is -2.41. The van der Waals surface area contributed by atoms with Crippen LogP contribution >= 0.6 is 0 Å². The molecular formula is C14H19NO3. The van der Waals surface area contributed by atoms with Gasteiger partial charge in [-0.3, -0.25) is 4.79 Å². The number of primary amides is 1. The molecule has 1 heterocycles. The molecule has 2 rings (SSSR count). The number of carbonyl (C=O) groups excluding carboxylic acids is 1. The number of carbonyl (C=O) groups is 1. The van der Waals surface area contributed by atoms with Crippen LogP contribution in [-0.4, -0.2) is 26.2 Å². The van der Waals surface area contributed by atoms with Crippen molar-refractivity contribution in [1.82, 2.24) is 0 Å². The van der Waals surface area contributed by atoms with Gasteiger partial charge in [-0.15, -0.1) is 0 Å². The average molecular weight is 249 g/mol. The van der Waals surface area contributed by atoms with Crippen LogP contribution in [0.2, 0.25) is 0 Å². The smallest absolute Gasteiger partial charge is 0.232 e. The van der Waals surface area contributed by atoms with Crippen molar-refractivity contribution in [3.63, 3.8) is 0 Å². The topological polar surface area (TPSA) is 61.5 Å². The minimum Gasteiger partial charge on any atom is -0.496 e. The molecule has 0 aromatic heterocycles. The largest absolute Gasteiger partial charge is 0.496 e. The molecule has 1 aromatic rings. The van der Waals surface area contributed by atoms with E-state index < -0.39 is 5.41 Å². The first-order chi connectivity index (χ1) is 8.44. The molecule has 0 radical (unpaired) electrons. The van der Waals surface area contributed by atoms with Crippen LogP contribution in [-0.2, 0) is 14.9 Å². The Hall–Kier alpha value is -1.55. The minimum atomic E-state index is -0.662. The van der Waals surface area contributed by atoms with Crippen molar-refractivity contribution >= 4 is 5.91 Å². The third-order valence-corrected chi connectivity index (χ3v) is 3.92. The van der Waals surface area contributed by atoms with Crippen molar-refractivity contribution in [3.05, 3.63) is 28.3 Å². The summed E-state index contributed by atoms with van der Waals surface area (Å²) in [5, 5.41) is 0. The van der Waals surface area contributed by atoms with E-state index in [2.05, 4.69) is 0 Å². The summed E-state index contributed by atoms with van der Waals surface area (Å²) < 4.78 is 10.6. The summed E-state index contributed by atoms with van der Waals surface area (Å²) in [6.45, 7) is 6.72. The molecule has 2 N–H and O–H groups in total. The number of nitrogens with two attached hydrogens (primary N) is 1. The fourth-order valence-corrected chi connectivity index (χ4v) is 2.71. The molecule has 1 fully saturated rings.